The topological polar surface area (TPSA) is 0 Å². The Kier molecular flexibility index (Phi) is 18.2. The van der Waals surface area contributed by atoms with Gasteiger partial charge in [-0.15, -0.1) is 69.1 Å². The summed E-state index contributed by atoms with van der Waals surface area (Å²) in [4.78, 5) is 0. The molecule has 2 radical (unpaired) electrons. The average molecular weight is 987 g/mol. The third-order valence-electron chi connectivity index (χ3n) is 8.71. The number of hydrogen-bond acceptors (Lipinski definition) is 0. The van der Waals surface area contributed by atoms with Crippen LogP contribution in [0.25, 0.3) is 43.8 Å². The van der Waals surface area contributed by atoms with E-state index in [9.17, 15) is 52.7 Å². The molecule has 0 nitrogen and oxygen atoms in total. The SMILES string of the molecule is CC(C)Cc1cc2c(-c3cc(C(F)(F)F)cc(C(F)(F)F)c3)cccc2[cH-]1.CC(C)Cc1cc2c(-c3cc(C(F)(F)F)cc(C(F)(F)F)c3)cccc2[cH-]1.C[Si]C.[Cl][Zr+2][Cl]. The summed E-state index contributed by atoms with van der Waals surface area (Å²) in [5, 5.41) is 2.91. The minimum atomic E-state index is -4.86. The first-order valence-electron chi connectivity index (χ1n) is 18.2. The van der Waals surface area contributed by atoms with E-state index in [1.54, 1.807) is 36.4 Å². The van der Waals surface area contributed by atoms with E-state index in [1.807, 2.05) is 52.0 Å². The summed E-state index contributed by atoms with van der Waals surface area (Å²) in [6.07, 6.45) is -17.9. The van der Waals surface area contributed by atoms with Gasteiger partial charge in [0.25, 0.3) is 0 Å². The predicted molar refractivity (Wildman–Crippen MR) is 216 cm³/mol. The van der Waals surface area contributed by atoms with E-state index in [0.717, 1.165) is 68.5 Å². The van der Waals surface area contributed by atoms with Gasteiger partial charge in [0.1, 0.15) is 0 Å². The summed E-state index contributed by atoms with van der Waals surface area (Å²) >= 11 is -0.826. The Bertz CT molecular complexity index is 2070. The number of alkyl halides is 12. The van der Waals surface area contributed by atoms with E-state index >= 15 is 0 Å². The van der Waals surface area contributed by atoms with Gasteiger partial charge in [0.2, 0.25) is 0 Å². The van der Waals surface area contributed by atoms with Crippen LogP contribution in [0.5, 0.6) is 0 Å². The number of halogens is 14. The fourth-order valence-corrected chi connectivity index (χ4v) is 6.50. The maximum atomic E-state index is 13.1. The van der Waals surface area contributed by atoms with Crippen molar-refractivity contribution in [2.45, 2.75) is 78.3 Å². The molecular weight excluding hydrogens is 947 g/mol. The standard InChI is InChI=1S/2C21H17F6.C2H6Si.2ClH.Zr/c2*1-12(2)6-13-7-14-4-3-5-18(19(14)8-13)15-9-16(20(22,23)24)11-17(10-15)21(25,26)27;1-3-2;;;/h2*3-5,7-12H,6H2,1-2H3;1-2H3;2*1H;/q2*-1;;;;+4/p-2. The zero-order valence-electron chi connectivity index (χ0n) is 33.1. The fourth-order valence-electron chi connectivity index (χ4n) is 6.50. The summed E-state index contributed by atoms with van der Waals surface area (Å²) in [5.41, 5.74) is -2.67. The van der Waals surface area contributed by atoms with Crippen molar-refractivity contribution in [3.05, 3.63) is 130 Å². The maximum absolute atomic E-state index is 13.1. The van der Waals surface area contributed by atoms with Crippen molar-refractivity contribution in [1.82, 2.24) is 0 Å². The second-order valence-electron chi connectivity index (χ2n) is 14.7. The Balaban J connectivity index is 0.000000283. The molecule has 0 aromatic heterocycles. The van der Waals surface area contributed by atoms with Gasteiger partial charge in [0.15, 0.2) is 0 Å². The molecule has 0 unspecified atom stereocenters. The van der Waals surface area contributed by atoms with Crippen LogP contribution in [-0.4, -0.2) is 9.52 Å². The van der Waals surface area contributed by atoms with Gasteiger partial charge in [-0.1, -0.05) is 64.0 Å². The van der Waals surface area contributed by atoms with Crippen LogP contribution in [-0.2, 0) is 58.4 Å². The molecule has 16 heteroatoms. The number of hydrogen-bond donors (Lipinski definition) is 0. The third-order valence-corrected chi connectivity index (χ3v) is 8.71. The van der Waals surface area contributed by atoms with Gasteiger partial charge in [0.05, 0.1) is 22.3 Å². The van der Waals surface area contributed by atoms with Gasteiger partial charge in [-0.25, -0.2) is 0 Å². The van der Waals surface area contributed by atoms with Crippen molar-refractivity contribution in [3.63, 3.8) is 0 Å². The zero-order valence-corrected chi connectivity index (χ0v) is 38.1. The van der Waals surface area contributed by atoms with Crippen LogP contribution in [0.15, 0.2) is 97.1 Å². The van der Waals surface area contributed by atoms with Gasteiger partial charge in [-0.2, -0.15) is 64.8 Å². The Labute approximate surface area is 362 Å². The van der Waals surface area contributed by atoms with Crippen LogP contribution in [0.1, 0.15) is 61.1 Å². The minimum absolute atomic E-state index is 0.0931. The summed E-state index contributed by atoms with van der Waals surface area (Å²) in [5.74, 6) is 0.770. The molecule has 60 heavy (non-hydrogen) atoms. The van der Waals surface area contributed by atoms with Crippen LogP contribution in [0.4, 0.5) is 52.7 Å². The van der Waals surface area contributed by atoms with E-state index in [1.165, 1.54) is 0 Å². The van der Waals surface area contributed by atoms with Gasteiger partial charge < -0.3 is 0 Å². The first-order valence-corrected chi connectivity index (χ1v) is 26.6. The van der Waals surface area contributed by atoms with E-state index in [4.69, 9.17) is 17.0 Å². The van der Waals surface area contributed by atoms with Crippen molar-refractivity contribution in [2.75, 3.05) is 0 Å². The van der Waals surface area contributed by atoms with Gasteiger partial charge >= 0.3 is 62.6 Å². The average Bonchev–Trinajstić information content (AvgIpc) is 3.73. The molecule has 0 saturated heterocycles. The van der Waals surface area contributed by atoms with E-state index in [2.05, 4.69) is 13.1 Å². The van der Waals surface area contributed by atoms with Crippen molar-refractivity contribution in [2.24, 2.45) is 11.8 Å². The Morgan fingerprint density at radius 3 is 1.00 bits per heavy atom. The summed E-state index contributed by atoms with van der Waals surface area (Å²) in [7, 11) is 11.0. The second-order valence-corrected chi connectivity index (χ2v) is 19.4. The molecule has 6 rings (SSSR count). The van der Waals surface area contributed by atoms with Crippen LogP contribution in [0.3, 0.4) is 0 Å². The molecule has 0 aliphatic carbocycles. The van der Waals surface area contributed by atoms with Crippen LogP contribution in [0.2, 0.25) is 13.1 Å². The molecule has 0 aliphatic rings. The normalized spacial score (nSPS) is 12.1. The molecule has 0 saturated carbocycles. The predicted octanol–water partition coefficient (Wildman–Crippen LogP) is 17.1. The molecule has 0 amide bonds. The summed E-state index contributed by atoms with van der Waals surface area (Å²) in [6.45, 7) is 12.5. The molecule has 6 aromatic rings. The Morgan fingerprint density at radius 1 is 0.500 bits per heavy atom. The quantitative estimate of drug-likeness (QED) is 0.0886. The summed E-state index contributed by atoms with van der Waals surface area (Å²) in [6, 6.07) is 21.0. The van der Waals surface area contributed by atoms with E-state index in [0.29, 0.717) is 33.7 Å². The van der Waals surface area contributed by atoms with Gasteiger partial charge in [-0.3, -0.25) is 0 Å². The molecule has 0 fully saturated rings. The molecule has 6 aromatic carbocycles. The van der Waals surface area contributed by atoms with E-state index in [-0.39, 0.29) is 23.3 Å². The molecule has 0 heterocycles. The number of fused-ring (bicyclic) bond motifs is 2. The number of benzene rings is 4. The molecular formula is C44H40Cl2F12SiZr. The van der Waals surface area contributed by atoms with Crippen LogP contribution >= 0.6 is 17.0 Å². The number of rotatable bonds is 6. The monoisotopic (exact) mass is 984 g/mol. The first kappa shape index (κ1) is 51.3. The summed E-state index contributed by atoms with van der Waals surface area (Å²) < 4.78 is 158. The third kappa shape index (κ3) is 14.5. The molecule has 0 bridgehead atoms. The van der Waals surface area contributed by atoms with Crippen molar-refractivity contribution in [1.29, 1.82) is 0 Å². The molecule has 0 spiro atoms. The second kappa shape index (κ2) is 21.3. The molecule has 0 atom stereocenters. The Morgan fingerprint density at radius 2 is 0.767 bits per heavy atom. The van der Waals surface area contributed by atoms with Crippen molar-refractivity contribution < 1.29 is 73.5 Å². The molecule has 0 N–H and O–H groups in total. The zero-order chi connectivity index (χ0) is 45.4. The van der Waals surface area contributed by atoms with Crippen LogP contribution < -0.4 is 0 Å². The van der Waals surface area contributed by atoms with Crippen LogP contribution in [0, 0.1) is 11.8 Å². The Hall–Kier alpha value is -3.06. The molecule has 322 valence electrons. The van der Waals surface area contributed by atoms with Gasteiger partial charge in [-0.05, 0) is 72.2 Å². The first-order chi connectivity index (χ1) is 27.7. The van der Waals surface area contributed by atoms with Gasteiger partial charge in [0, 0.05) is 9.52 Å². The van der Waals surface area contributed by atoms with Crippen molar-refractivity contribution in [3.8, 4) is 22.3 Å². The van der Waals surface area contributed by atoms with Crippen molar-refractivity contribution >= 4 is 48.1 Å². The van der Waals surface area contributed by atoms with E-state index < -0.39 is 67.8 Å². The fraction of sp³-hybridized carbons (Fsp3) is 0.318. The molecule has 0 aliphatic heterocycles.